The fourth-order valence-electron chi connectivity index (χ4n) is 1.72. The molecule has 0 aliphatic heterocycles. The molecule has 0 atom stereocenters. The molecule has 0 aliphatic carbocycles. The minimum Gasteiger partial charge on any atom is -0.325 e. The van der Waals surface area contributed by atoms with E-state index in [2.05, 4.69) is 23.2 Å². The molecule has 5 nitrogen and oxygen atoms in total. The maximum atomic E-state index is 5.63. The average Bonchev–Trinajstić information content (AvgIpc) is 2.86. The molecule has 5 heteroatoms. The van der Waals surface area contributed by atoms with Crippen LogP contribution in [0.3, 0.4) is 0 Å². The molecule has 2 heterocycles. The Morgan fingerprint density at radius 2 is 2.19 bits per heavy atom. The smallest absolute Gasteiger partial charge is 0.0831 e. The standard InChI is InChI=1S/C11H17N5/c1-3-9-6-11(15(2)14-9)8-16-10(7-12)4-5-13-16/h4-6H,3,7-8,12H2,1-2H3. The second kappa shape index (κ2) is 4.49. The third-order valence-corrected chi connectivity index (χ3v) is 2.71. The van der Waals surface area contributed by atoms with Gasteiger partial charge in [0.2, 0.25) is 0 Å². The first-order valence-electron chi connectivity index (χ1n) is 5.47. The van der Waals surface area contributed by atoms with Crippen molar-refractivity contribution in [1.29, 1.82) is 0 Å². The van der Waals surface area contributed by atoms with Crippen molar-refractivity contribution in [3.8, 4) is 0 Å². The third kappa shape index (κ3) is 1.99. The van der Waals surface area contributed by atoms with Crippen molar-refractivity contribution in [1.82, 2.24) is 19.6 Å². The van der Waals surface area contributed by atoms with Gasteiger partial charge in [-0.2, -0.15) is 10.2 Å². The molecule has 0 saturated heterocycles. The Hall–Kier alpha value is -1.62. The lowest BCUT2D eigenvalue weighted by Gasteiger charge is -2.05. The second-order valence-corrected chi connectivity index (χ2v) is 3.79. The Labute approximate surface area is 94.9 Å². The van der Waals surface area contributed by atoms with E-state index in [0.29, 0.717) is 6.54 Å². The molecule has 16 heavy (non-hydrogen) atoms. The van der Waals surface area contributed by atoms with E-state index in [-0.39, 0.29) is 0 Å². The molecule has 2 aromatic heterocycles. The van der Waals surface area contributed by atoms with E-state index in [1.807, 2.05) is 22.5 Å². The summed E-state index contributed by atoms with van der Waals surface area (Å²) >= 11 is 0. The number of aromatic nitrogens is 4. The fraction of sp³-hybridized carbons (Fsp3) is 0.455. The van der Waals surface area contributed by atoms with E-state index in [4.69, 9.17) is 5.73 Å². The summed E-state index contributed by atoms with van der Waals surface area (Å²) in [7, 11) is 1.96. The van der Waals surface area contributed by atoms with E-state index >= 15 is 0 Å². The van der Waals surface area contributed by atoms with Crippen LogP contribution in [0.2, 0.25) is 0 Å². The topological polar surface area (TPSA) is 61.7 Å². The van der Waals surface area contributed by atoms with Crippen LogP contribution in [0.15, 0.2) is 18.3 Å². The lowest BCUT2D eigenvalue weighted by Crippen LogP contribution is -2.12. The number of rotatable bonds is 4. The predicted molar refractivity (Wildman–Crippen MR) is 61.8 cm³/mol. The summed E-state index contributed by atoms with van der Waals surface area (Å²) in [5, 5.41) is 8.66. The number of nitrogens with zero attached hydrogens (tertiary/aromatic N) is 4. The van der Waals surface area contributed by atoms with Gasteiger partial charge in [0, 0.05) is 19.8 Å². The van der Waals surface area contributed by atoms with Crippen molar-refractivity contribution >= 4 is 0 Å². The lowest BCUT2D eigenvalue weighted by molar-refractivity contribution is 0.595. The molecule has 0 aromatic carbocycles. The van der Waals surface area contributed by atoms with Crippen LogP contribution in [0.5, 0.6) is 0 Å². The van der Waals surface area contributed by atoms with Crippen LogP contribution in [0.4, 0.5) is 0 Å². The van der Waals surface area contributed by atoms with Crippen molar-refractivity contribution in [3.63, 3.8) is 0 Å². The summed E-state index contributed by atoms with van der Waals surface area (Å²) in [4.78, 5) is 0. The summed E-state index contributed by atoms with van der Waals surface area (Å²) < 4.78 is 3.82. The molecule has 0 bridgehead atoms. The largest absolute Gasteiger partial charge is 0.325 e. The zero-order chi connectivity index (χ0) is 11.5. The predicted octanol–water partition coefficient (Wildman–Crippen LogP) is 0.686. The molecule has 0 amide bonds. The van der Waals surface area contributed by atoms with Crippen LogP contribution in [-0.4, -0.2) is 19.6 Å². The fourth-order valence-corrected chi connectivity index (χ4v) is 1.72. The Bertz CT molecular complexity index is 468. The highest BCUT2D eigenvalue weighted by Gasteiger charge is 2.07. The third-order valence-electron chi connectivity index (χ3n) is 2.71. The van der Waals surface area contributed by atoms with Crippen LogP contribution in [0.25, 0.3) is 0 Å². The van der Waals surface area contributed by atoms with Crippen LogP contribution in [0.1, 0.15) is 24.0 Å². The molecule has 2 N–H and O–H groups in total. The van der Waals surface area contributed by atoms with Gasteiger partial charge >= 0.3 is 0 Å². The van der Waals surface area contributed by atoms with Gasteiger partial charge in [0.05, 0.1) is 23.6 Å². The van der Waals surface area contributed by atoms with Gasteiger partial charge in [-0.15, -0.1) is 0 Å². The van der Waals surface area contributed by atoms with E-state index < -0.39 is 0 Å². The highest BCUT2D eigenvalue weighted by atomic mass is 15.3. The monoisotopic (exact) mass is 219 g/mol. The van der Waals surface area contributed by atoms with Crippen LogP contribution in [-0.2, 0) is 26.6 Å². The summed E-state index contributed by atoms with van der Waals surface area (Å²) in [5.74, 6) is 0. The molecule has 86 valence electrons. The van der Waals surface area contributed by atoms with Crippen molar-refractivity contribution < 1.29 is 0 Å². The lowest BCUT2D eigenvalue weighted by atomic mass is 10.3. The molecule has 0 aliphatic rings. The van der Waals surface area contributed by atoms with Crippen molar-refractivity contribution in [2.45, 2.75) is 26.4 Å². The molecule has 0 saturated carbocycles. The molecule has 0 fully saturated rings. The minimum atomic E-state index is 0.512. The van der Waals surface area contributed by atoms with Crippen molar-refractivity contribution in [2.75, 3.05) is 0 Å². The quantitative estimate of drug-likeness (QED) is 0.822. The van der Waals surface area contributed by atoms with E-state index in [1.54, 1.807) is 6.20 Å². The van der Waals surface area contributed by atoms with E-state index in [0.717, 1.165) is 30.0 Å². The average molecular weight is 219 g/mol. The summed E-state index contributed by atoms with van der Waals surface area (Å²) in [6.45, 7) is 3.34. The van der Waals surface area contributed by atoms with Gasteiger partial charge < -0.3 is 5.73 Å². The SMILES string of the molecule is CCc1cc(Cn2nccc2CN)n(C)n1. The van der Waals surface area contributed by atoms with E-state index in [9.17, 15) is 0 Å². The minimum absolute atomic E-state index is 0.512. The maximum absolute atomic E-state index is 5.63. The van der Waals surface area contributed by atoms with Crippen LogP contribution < -0.4 is 5.73 Å². The number of hydrogen-bond acceptors (Lipinski definition) is 3. The van der Waals surface area contributed by atoms with Gasteiger partial charge in [-0.05, 0) is 18.6 Å². The molecular weight excluding hydrogens is 202 g/mol. The van der Waals surface area contributed by atoms with E-state index in [1.165, 1.54) is 0 Å². The molecular formula is C11H17N5. The first-order valence-corrected chi connectivity index (χ1v) is 5.47. The summed E-state index contributed by atoms with van der Waals surface area (Å²) in [6, 6.07) is 4.05. The maximum Gasteiger partial charge on any atom is 0.0831 e. The van der Waals surface area contributed by atoms with Gasteiger partial charge in [-0.3, -0.25) is 9.36 Å². The number of nitrogens with two attached hydrogens (primary N) is 1. The highest BCUT2D eigenvalue weighted by Crippen LogP contribution is 2.07. The number of aryl methyl sites for hydroxylation is 2. The Balaban J connectivity index is 2.23. The Kier molecular flexibility index (Phi) is 3.05. The van der Waals surface area contributed by atoms with Gasteiger partial charge in [0.25, 0.3) is 0 Å². The Morgan fingerprint density at radius 3 is 2.81 bits per heavy atom. The summed E-state index contributed by atoms with van der Waals surface area (Å²) in [5.41, 5.74) is 8.93. The Morgan fingerprint density at radius 1 is 1.38 bits per heavy atom. The normalized spacial score (nSPS) is 10.9. The van der Waals surface area contributed by atoms with Gasteiger partial charge in [-0.1, -0.05) is 6.92 Å². The second-order valence-electron chi connectivity index (χ2n) is 3.79. The van der Waals surface area contributed by atoms with Gasteiger partial charge in [0.1, 0.15) is 0 Å². The van der Waals surface area contributed by atoms with Gasteiger partial charge in [-0.25, -0.2) is 0 Å². The molecule has 2 rings (SSSR count). The molecule has 0 unspecified atom stereocenters. The van der Waals surface area contributed by atoms with Crippen LogP contribution >= 0.6 is 0 Å². The molecule has 2 aromatic rings. The zero-order valence-electron chi connectivity index (χ0n) is 9.72. The van der Waals surface area contributed by atoms with Gasteiger partial charge in [0.15, 0.2) is 0 Å². The first-order chi connectivity index (χ1) is 7.74. The van der Waals surface area contributed by atoms with Crippen LogP contribution in [0, 0.1) is 0 Å². The highest BCUT2D eigenvalue weighted by molar-refractivity contribution is 5.12. The first kappa shape index (κ1) is 10.9. The van der Waals surface area contributed by atoms with Crippen molar-refractivity contribution in [3.05, 3.63) is 35.4 Å². The summed E-state index contributed by atoms with van der Waals surface area (Å²) in [6.07, 6.45) is 2.73. The van der Waals surface area contributed by atoms with Crippen molar-refractivity contribution in [2.24, 2.45) is 12.8 Å². The number of hydrogen-bond donors (Lipinski definition) is 1. The molecule has 0 radical (unpaired) electrons. The molecule has 0 spiro atoms. The zero-order valence-corrected chi connectivity index (χ0v) is 9.72.